The second kappa shape index (κ2) is 9.19. The van der Waals surface area contributed by atoms with Crippen molar-refractivity contribution in [2.75, 3.05) is 0 Å². The average Bonchev–Trinajstić information content (AvgIpc) is 2.66. The monoisotopic (exact) mass is 340 g/mol. The van der Waals surface area contributed by atoms with Gasteiger partial charge in [-0.3, -0.25) is 0 Å². The maximum absolute atomic E-state index is 6.25. The minimum atomic E-state index is 0.569. The summed E-state index contributed by atoms with van der Waals surface area (Å²) in [6, 6.07) is 18.0. The van der Waals surface area contributed by atoms with Crippen molar-refractivity contribution in [1.82, 2.24) is 0 Å². The molecule has 2 aromatic rings. The molecule has 0 saturated heterocycles. The van der Waals surface area contributed by atoms with Gasteiger partial charge in [0.25, 0.3) is 0 Å². The smallest absolute Gasteiger partial charge is 0.0729 e. The fourth-order valence-electron chi connectivity index (χ4n) is 2.46. The Morgan fingerprint density at radius 3 is 2.31 bits per heavy atom. The minimum Gasteiger partial charge on any atom is -0.398 e. The predicted octanol–water partition coefficient (Wildman–Crippen LogP) is 5.60. The first-order valence-corrected chi connectivity index (χ1v) is 8.38. The molecule has 0 aliphatic rings. The Kier molecular flexibility index (Phi) is 6.69. The van der Waals surface area contributed by atoms with E-state index in [0.29, 0.717) is 11.4 Å². The first kappa shape index (κ1) is 18.9. The molecule has 130 valence electrons. The minimum absolute atomic E-state index is 0.569. The van der Waals surface area contributed by atoms with Crippen LogP contribution in [0, 0.1) is 6.92 Å². The van der Waals surface area contributed by atoms with Crippen LogP contribution < -0.4 is 5.73 Å². The molecule has 0 aliphatic heterocycles. The van der Waals surface area contributed by atoms with E-state index in [4.69, 9.17) is 10.7 Å². The van der Waals surface area contributed by atoms with E-state index in [1.54, 1.807) is 12.2 Å². The number of aryl methyl sites for hydroxylation is 1. The number of hydrogen-bond acceptors (Lipinski definition) is 2. The van der Waals surface area contributed by atoms with Gasteiger partial charge in [0, 0.05) is 11.3 Å². The Labute approximate surface area is 156 Å². The third-order valence-electron chi connectivity index (χ3n) is 3.82. The lowest BCUT2D eigenvalue weighted by Gasteiger charge is -2.08. The van der Waals surface area contributed by atoms with Gasteiger partial charge in [-0.15, -0.1) is 0 Å². The first-order valence-electron chi connectivity index (χ1n) is 8.38. The molecular weight excluding hydrogens is 316 g/mol. The van der Waals surface area contributed by atoms with E-state index in [-0.39, 0.29) is 0 Å². The van der Waals surface area contributed by atoms with Crippen molar-refractivity contribution in [1.29, 1.82) is 0 Å². The SMILES string of the molecule is C=C/C=C(C=C)/C(N)=C/C(=NC(=C)c1cccc(C)c1)c1ccccc1. The molecule has 0 aromatic heterocycles. The molecule has 2 N–H and O–H groups in total. The number of rotatable bonds is 7. The molecule has 2 nitrogen and oxygen atoms in total. The van der Waals surface area contributed by atoms with Crippen molar-refractivity contribution in [2.45, 2.75) is 6.92 Å². The zero-order valence-electron chi connectivity index (χ0n) is 15.2. The lowest BCUT2D eigenvalue weighted by molar-refractivity contribution is 1.36. The van der Waals surface area contributed by atoms with Crippen molar-refractivity contribution in [3.63, 3.8) is 0 Å². The molecule has 2 rings (SSSR count). The zero-order chi connectivity index (χ0) is 18.9. The predicted molar refractivity (Wildman–Crippen MR) is 114 cm³/mol. The van der Waals surface area contributed by atoms with E-state index in [1.807, 2.05) is 67.6 Å². The van der Waals surface area contributed by atoms with Gasteiger partial charge in [0.05, 0.1) is 11.4 Å². The molecular formula is C24H24N2. The zero-order valence-corrected chi connectivity index (χ0v) is 15.2. The van der Waals surface area contributed by atoms with E-state index < -0.39 is 0 Å². The lowest BCUT2D eigenvalue weighted by atomic mass is 10.0. The van der Waals surface area contributed by atoms with Gasteiger partial charge in [-0.25, -0.2) is 4.99 Å². The van der Waals surface area contributed by atoms with Crippen LogP contribution >= 0.6 is 0 Å². The molecule has 0 amide bonds. The highest BCUT2D eigenvalue weighted by atomic mass is 14.8. The second-order valence-electron chi connectivity index (χ2n) is 5.84. The quantitative estimate of drug-likeness (QED) is 0.517. The normalized spacial score (nSPS) is 12.6. The molecule has 2 heteroatoms. The van der Waals surface area contributed by atoms with Crippen LogP contribution in [0.2, 0.25) is 0 Å². The largest absolute Gasteiger partial charge is 0.398 e. The van der Waals surface area contributed by atoms with E-state index >= 15 is 0 Å². The summed E-state index contributed by atoms with van der Waals surface area (Å²) >= 11 is 0. The number of allylic oxidation sites excluding steroid dienone is 4. The van der Waals surface area contributed by atoms with Crippen LogP contribution in [0.15, 0.2) is 115 Å². The van der Waals surface area contributed by atoms with Crippen molar-refractivity contribution >= 4 is 11.4 Å². The maximum atomic E-state index is 6.25. The molecule has 26 heavy (non-hydrogen) atoms. The number of aliphatic imine (C=N–C) groups is 1. The fraction of sp³-hybridized carbons (Fsp3) is 0.0417. The highest BCUT2D eigenvalue weighted by Gasteiger charge is 2.06. The van der Waals surface area contributed by atoms with Crippen LogP contribution in [0.1, 0.15) is 16.7 Å². The van der Waals surface area contributed by atoms with Crippen LogP contribution in [0.4, 0.5) is 0 Å². The van der Waals surface area contributed by atoms with Crippen molar-refractivity contribution in [3.05, 3.63) is 127 Å². The maximum Gasteiger partial charge on any atom is 0.0729 e. The summed E-state index contributed by atoms with van der Waals surface area (Å²) in [5.41, 5.74) is 12.2. The van der Waals surface area contributed by atoms with Crippen molar-refractivity contribution < 1.29 is 0 Å². The Hall–Kier alpha value is -3.39. The van der Waals surface area contributed by atoms with Gasteiger partial charge in [0.1, 0.15) is 0 Å². The molecule has 0 spiro atoms. The van der Waals surface area contributed by atoms with E-state index in [0.717, 1.165) is 28.0 Å². The number of benzene rings is 2. The topological polar surface area (TPSA) is 38.4 Å². The standard InChI is InChI=1S/C24H24N2/c1-5-11-20(6-2)23(25)17-24(21-13-8-7-9-14-21)26-19(4)22-15-10-12-18(3)16-22/h5-17H,1-2,4,25H2,3H3/b20-11+,23-17-,26-24?. The third-order valence-corrected chi connectivity index (χ3v) is 3.82. The first-order chi connectivity index (χ1) is 12.5. The fourth-order valence-corrected chi connectivity index (χ4v) is 2.46. The van der Waals surface area contributed by atoms with E-state index in [2.05, 4.69) is 25.8 Å². The van der Waals surface area contributed by atoms with Gasteiger partial charge >= 0.3 is 0 Å². The Bertz CT molecular complexity index is 897. The summed E-state index contributed by atoms with van der Waals surface area (Å²) in [6.07, 6.45) is 7.04. The molecule has 2 aromatic carbocycles. The molecule has 0 atom stereocenters. The second-order valence-corrected chi connectivity index (χ2v) is 5.84. The molecule has 0 heterocycles. The van der Waals surface area contributed by atoms with Crippen molar-refractivity contribution in [2.24, 2.45) is 10.7 Å². The Morgan fingerprint density at radius 2 is 1.69 bits per heavy atom. The van der Waals surface area contributed by atoms with Crippen molar-refractivity contribution in [3.8, 4) is 0 Å². The Balaban J connectivity index is 2.51. The van der Waals surface area contributed by atoms with Gasteiger partial charge in [-0.05, 0) is 30.2 Å². The molecule has 0 saturated carbocycles. The van der Waals surface area contributed by atoms with Gasteiger partial charge in [0.2, 0.25) is 0 Å². The van der Waals surface area contributed by atoms with E-state index in [9.17, 15) is 0 Å². The summed E-state index contributed by atoms with van der Waals surface area (Å²) in [6.45, 7) is 13.7. The summed E-state index contributed by atoms with van der Waals surface area (Å²) in [7, 11) is 0. The summed E-state index contributed by atoms with van der Waals surface area (Å²) in [5.74, 6) is 0. The molecule has 0 unspecified atom stereocenters. The summed E-state index contributed by atoms with van der Waals surface area (Å²) < 4.78 is 0. The average molecular weight is 340 g/mol. The van der Waals surface area contributed by atoms with Crippen LogP contribution in [0.3, 0.4) is 0 Å². The van der Waals surface area contributed by atoms with Gasteiger partial charge in [-0.2, -0.15) is 0 Å². The van der Waals surface area contributed by atoms with Gasteiger partial charge < -0.3 is 5.73 Å². The highest BCUT2D eigenvalue weighted by molar-refractivity contribution is 6.11. The van der Waals surface area contributed by atoms with Crippen LogP contribution in [0.5, 0.6) is 0 Å². The van der Waals surface area contributed by atoms with Crippen LogP contribution in [-0.4, -0.2) is 5.71 Å². The number of nitrogens with two attached hydrogens (primary N) is 1. The summed E-state index contributed by atoms with van der Waals surface area (Å²) in [4.78, 5) is 4.75. The van der Waals surface area contributed by atoms with Gasteiger partial charge in [-0.1, -0.05) is 92.1 Å². The van der Waals surface area contributed by atoms with Crippen LogP contribution in [0.25, 0.3) is 5.70 Å². The number of nitrogens with zero attached hydrogens (tertiary/aromatic N) is 1. The number of hydrogen-bond donors (Lipinski definition) is 1. The molecule has 0 bridgehead atoms. The third kappa shape index (κ3) is 5.05. The van der Waals surface area contributed by atoms with Gasteiger partial charge in [0.15, 0.2) is 0 Å². The highest BCUT2D eigenvalue weighted by Crippen LogP contribution is 2.18. The molecule has 0 radical (unpaired) electrons. The van der Waals surface area contributed by atoms with Crippen LogP contribution in [-0.2, 0) is 0 Å². The van der Waals surface area contributed by atoms with E-state index in [1.165, 1.54) is 0 Å². The summed E-state index contributed by atoms with van der Waals surface area (Å²) in [5, 5.41) is 0. The molecule has 0 fully saturated rings. The lowest BCUT2D eigenvalue weighted by Crippen LogP contribution is -2.06. The Morgan fingerprint density at radius 1 is 1.00 bits per heavy atom. The molecule has 0 aliphatic carbocycles.